The number of hydrogen-bond donors (Lipinski definition) is 1. The van der Waals surface area contributed by atoms with E-state index >= 15 is 0 Å². The summed E-state index contributed by atoms with van der Waals surface area (Å²) in [6, 6.07) is 22.1. The summed E-state index contributed by atoms with van der Waals surface area (Å²) in [6.07, 6.45) is 0.609. The summed E-state index contributed by atoms with van der Waals surface area (Å²) < 4.78 is 0. The Kier molecular flexibility index (Phi) is 8.32. The van der Waals surface area contributed by atoms with E-state index in [1.165, 1.54) is 0 Å². The molecule has 2 amide bonds. The van der Waals surface area contributed by atoms with Crippen molar-refractivity contribution in [1.82, 2.24) is 10.2 Å². The number of nitrogens with one attached hydrogen (secondary N) is 1. The van der Waals surface area contributed by atoms with E-state index in [9.17, 15) is 9.59 Å². The molecular formula is C26H26Cl2N2O2. The summed E-state index contributed by atoms with van der Waals surface area (Å²) in [7, 11) is 1.59. The standard InChI is InChI=1S/C26H26Cl2N2O2/c1-18-8-6-7-11-21(18)16-25(31)30(17-20-12-13-22(27)23(28)14-20)24(26(32)29-2)15-19-9-4-3-5-10-19/h3-14,24H,15-17H2,1-2H3,(H,29,32)/t24-/m0/s1. The minimum atomic E-state index is -0.673. The molecule has 0 aromatic heterocycles. The molecule has 0 aliphatic rings. The SMILES string of the molecule is CNC(=O)[C@H](Cc1ccccc1)N(Cc1ccc(Cl)c(Cl)c1)C(=O)Cc1ccccc1C. The van der Waals surface area contributed by atoms with Gasteiger partial charge in [0.15, 0.2) is 0 Å². The van der Waals surface area contributed by atoms with E-state index in [-0.39, 0.29) is 24.8 Å². The molecule has 0 bridgehead atoms. The molecule has 166 valence electrons. The number of amides is 2. The van der Waals surface area contributed by atoms with Crippen LogP contribution in [0.15, 0.2) is 72.8 Å². The third-order valence-corrected chi connectivity index (χ3v) is 6.20. The molecule has 0 spiro atoms. The van der Waals surface area contributed by atoms with E-state index in [1.807, 2.05) is 67.6 Å². The molecule has 0 saturated carbocycles. The van der Waals surface area contributed by atoms with Crippen LogP contribution < -0.4 is 5.32 Å². The molecule has 1 atom stereocenters. The Bertz CT molecular complexity index is 1090. The average Bonchev–Trinajstić information content (AvgIpc) is 2.80. The van der Waals surface area contributed by atoms with Crippen molar-refractivity contribution < 1.29 is 9.59 Å². The number of carbonyl (C=O) groups is 2. The van der Waals surface area contributed by atoms with Crippen molar-refractivity contribution in [2.24, 2.45) is 0 Å². The smallest absolute Gasteiger partial charge is 0.242 e. The number of benzene rings is 3. The first-order chi connectivity index (χ1) is 15.4. The van der Waals surface area contributed by atoms with E-state index in [4.69, 9.17) is 23.2 Å². The van der Waals surface area contributed by atoms with Crippen molar-refractivity contribution in [1.29, 1.82) is 0 Å². The van der Waals surface area contributed by atoms with Crippen LogP contribution in [0.2, 0.25) is 10.0 Å². The van der Waals surface area contributed by atoms with Crippen molar-refractivity contribution >= 4 is 35.0 Å². The van der Waals surface area contributed by atoms with Crippen LogP contribution in [0.4, 0.5) is 0 Å². The Labute approximate surface area is 199 Å². The van der Waals surface area contributed by atoms with Crippen LogP contribution in [-0.4, -0.2) is 29.8 Å². The lowest BCUT2D eigenvalue weighted by Crippen LogP contribution is -2.50. The number of rotatable bonds is 8. The minimum absolute atomic E-state index is 0.130. The zero-order valence-corrected chi connectivity index (χ0v) is 19.7. The highest BCUT2D eigenvalue weighted by Crippen LogP contribution is 2.25. The first-order valence-corrected chi connectivity index (χ1v) is 11.2. The second-order valence-electron chi connectivity index (χ2n) is 7.69. The number of aryl methyl sites for hydroxylation is 1. The van der Waals surface area contributed by atoms with E-state index < -0.39 is 6.04 Å². The zero-order chi connectivity index (χ0) is 23.1. The number of nitrogens with zero attached hydrogens (tertiary/aromatic N) is 1. The van der Waals surface area contributed by atoms with Gasteiger partial charge in [-0.05, 0) is 41.3 Å². The summed E-state index contributed by atoms with van der Waals surface area (Å²) >= 11 is 12.3. The molecule has 0 aliphatic carbocycles. The van der Waals surface area contributed by atoms with Crippen LogP contribution >= 0.6 is 23.2 Å². The van der Waals surface area contributed by atoms with Crippen molar-refractivity contribution in [2.75, 3.05) is 7.05 Å². The van der Waals surface area contributed by atoms with Gasteiger partial charge in [-0.1, -0.05) is 83.9 Å². The molecule has 0 unspecified atom stereocenters. The average molecular weight is 469 g/mol. The van der Waals surface area contributed by atoms with Gasteiger partial charge in [0.25, 0.3) is 0 Å². The van der Waals surface area contributed by atoms with Crippen LogP contribution in [0.1, 0.15) is 22.3 Å². The van der Waals surface area contributed by atoms with Crippen molar-refractivity contribution in [3.63, 3.8) is 0 Å². The molecule has 0 fully saturated rings. The maximum absolute atomic E-state index is 13.6. The normalized spacial score (nSPS) is 11.6. The highest BCUT2D eigenvalue weighted by molar-refractivity contribution is 6.42. The van der Waals surface area contributed by atoms with Gasteiger partial charge in [-0.3, -0.25) is 9.59 Å². The highest BCUT2D eigenvalue weighted by Gasteiger charge is 2.30. The molecule has 32 heavy (non-hydrogen) atoms. The third kappa shape index (κ3) is 6.12. The maximum Gasteiger partial charge on any atom is 0.242 e. The molecule has 3 aromatic carbocycles. The lowest BCUT2D eigenvalue weighted by atomic mass is 10.0. The molecule has 3 aromatic rings. The summed E-state index contributed by atoms with van der Waals surface area (Å²) in [4.78, 5) is 28.1. The van der Waals surface area contributed by atoms with Gasteiger partial charge in [-0.15, -0.1) is 0 Å². The monoisotopic (exact) mass is 468 g/mol. The first-order valence-electron chi connectivity index (χ1n) is 10.4. The van der Waals surface area contributed by atoms with Gasteiger partial charge in [-0.2, -0.15) is 0 Å². The van der Waals surface area contributed by atoms with Crippen molar-refractivity contribution in [3.05, 3.63) is 105 Å². The minimum Gasteiger partial charge on any atom is -0.357 e. The third-order valence-electron chi connectivity index (χ3n) is 5.46. The van der Waals surface area contributed by atoms with Crippen LogP contribution in [-0.2, 0) is 29.0 Å². The van der Waals surface area contributed by atoms with Crippen LogP contribution in [0.3, 0.4) is 0 Å². The van der Waals surface area contributed by atoms with E-state index in [1.54, 1.807) is 24.1 Å². The Balaban J connectivity index is 1.97. The lowest BCUT2D eigenvalue weighted by molar-refractivity contribution is -0.140. The van der Waals surface area contributed by atoms with Gasteiger partial charge >= 0.3 is 0 Å². The van der Waals surface area contributed by atoms with Gasteiger partial charge in [-0.25, -0.2) is 0 Å². The Morgan fingerprint density at radius 2 is 1.59 bits per heavy atom. The van der Waals surface area contributed by atoms with E-state index in [0.29, 0.717) is 16.5 Å². The molecule has 0 radical (unpaired) electrons. The number of hydrogen-bond acceptors (Lipinski definition) is 2. The van der Waals surface area contributed by atoms with E-state index in [0.717, 1.165) is 22.3 Å². The topological polar surface area (TPSA) is 49.4 Å². The lowest BCUT2D eigenvalue weighted by Gasteiger charge is -2.31. The molecule has 4 nitrogen and oxygen atoms in total. The fraction of sp³-hybridized carbons (Fsp3) is 0.231. The quantitative estimate of drug-likeness (QED) is 0.491. The predicted octanol–water partition coefficient (Wildman–Crippen LogP) is 5.23. The van der Waals surface area contributed by atoms with Crippen LogP contribution in [0, 0.1) is 6.92 Å². The second kappa shape index (κ2) is 11.2. The van der Waals surface area contributed by atoms with Gasteiger partial charge < -0.3 is 10.2 Å². The fourth-order valence-corrected chi connectivity index (χ4v) is 3.95. The molecule has 0 aliphatic heterocycles. The summed E-state index contributed by atoms with van der Waals surface area (Å²) in [6.45, 7) is 2.22. The molecule has 1 N–H and O–H groups in total. The van der Waals surface area contributed by atoms with Gasteiger partial charge in [0.1, 0.15) is 6.04 Å². The highest BCUT2D eigenvalue weighted by atomic mass is 35.5. The predicted molar refractivity (Wildman–Crippen MR) is 130 cm³/mol. The van der Waals surface area contributed by atoms with Crippen LogP contribution in [0.5, 0.6) is 0 Å². The Morgan fingerprint density at radius 3 is 2.25 bits per heavy atom. The Morgan fingerprint density at radius 1 is 0.906 bits per heavy atom. The molecular weight excluding hydrogens is 443 g/mol. The number of likely N-dealkylation sites (N-methyl/N-ethyl adjacent to an activating group) is 1. The largest absolute Gasteiger partial charge is 0.357 e. The van der Waals surface area contributed by atoms with Crippen molar-refractivity contribution in [2.45, 2.75) is 32.4 Å². The van der Waals surface area contributed by atoms with Gasteiger partial charge in [0.2, 0.25) is 11.8 Å². The zero-order valence-electron chi connectivity index (χ0n) is 18.1. The summed E-state index contributed by atoms with van der Waals surface area (Å²) in [5.74, 6) is -0.345. The summed E-state index contributed by atoms with van der Waals surface area (Å²) in [5.41, 5.74) is 3.75. The molecule has 0 heterocycles. The Hall–Kier alpha value is -2.82. The van der Waals surface area contributed by atoms with Crippen molar-refractivity contribution in [3.8, 4) is 0 Å². The van der Waals surface area contributed by atoms with Crippen LogP contribution in [0.25, 0.3) is 0 Å². The van der Waals surface area contributed by atoms with Gasteiger partial charge in [0, 0.05) is 20.0 Å². The molecule has 0 saturated heterocycles. The summed E-state index contributed by atoms with van der Waals surface area (Å²) in [5, 5.41) is 3.58. The van der Waals surface area contributed by atoms with Gasteiger partial charge in [0.05, 0.1) is 16.5 Å². The maximum atomic E-state index is 13.6. The first kappa shape index (κ1) is 23.8. The number of halogens is 2. The molecule has 6 heteroatoms. The second-order valence-corrected chi connectivity index (χ2v) is 8.51. The van der Waals surface area contributed by atoms with E-state index in [2.05, 4.69) is 5.32 Å². The fourth-order valence-electron chi connectivity index (χ4n) is 3.63. The molecule has 3 rings (SSSR count). The number of carbonyl (C=O) groups excluding carboxylic acids is 2.